The van der Waals surface area contributed by atoms with E-state index in [9.17, 15) is 0 Å². The standard InChI is InChI=1S/C13H28N2/c1-5-14-10-12(2)11-15-8-6-13(3,4)7-9-15/h12,14H,5-11H2,1-4H3. The predicted octanol–water partition coefficient (Wildman–Crippen LogP) is 2.35. The van der Waals surface area contributed by atoms with Gasteiger partial charge >= 0.3 is 0 Å². The van der Waals surface area contributed by atoms with Crippen LogP contribution >= 0.6 is 0 Å². The van der Waals surface area contributed by atoms with Crippen LogP contribution in [0.4, 0.5) is 0 Å². The molecule has 1 atom stereocenters. The van der Waals surface area contributed by atoms with Crippen molar-refractivity contribution in [3.63, 3.8) is 0 Å². The van der Waals surface area contributed by atoms with E-state index in [1.807, 2.05) is 0 Å². The Kier molecular flexibility index (Phi) is 5.07. The van der Waals surface area contributed by atoms with Gasteiger partial charge in [0.05, 0.1) is 0 Å². The van der Waals surface area contributed by atoms with Crippen LogP contribution in [0, 0.1) is 11.3 Å². The van der Waals surface area contributed by atoms with Crippen molar-refractivity contribution < 1.29 is 0 Å². The van der Waals surface area contributed by atoms with Gasteiger partial charge in [-0.2, -0.15) is 0 Å². The first kappa shape index (κ1) is 13.0. The third-order valence-electron chi connectivity index (χ3n) is 3.52. The third-order valence-corrected chi connectivity index (χ3v) is 3.52. The van der Waals surface area contributed by atoms with Crippen LogP contribution in [0.15, 0.2) is 0 Å². The Morgan fingerprint density at radius 1 is 1.27 bits per heavy atom. The lowest BCUT2D eigenvalue weighted by Crippen LogP contribution is -2.41. The van der Waals surface area contributed by atoms with Crippen LogP contribution in [-0.2, 0) is 0 Å². The molecule has 1 unspecified atom stereocenters. The van der Waals surface area contributed by atoms with Gasteiger partial charge < -0.3 is 10.2 Å². The quantitative estimate of drug-likeness (QED) is 0.752. The number of rotatable bonds is 5. The van der Waals surface area contributed by atoms with E-state index in [4.69, 9.17) is 0 Å². The van der Waals surface area contributed by atoms with E-state index >= 15 is 0 Å². The highest BCUT2D eigenvalue weighted by atomic mass is 15.1. The van der Waals surface area contributed by atoms with E-state index in [0.29, 0.717) is 5.41 Å². The summed E-state index contributed by atoms with van der Waals surface area (Å²) < 4.78 is 0. The molecule has 1 aliphatic rings. The Hall–Kier alpha value is -0.0800. The number of likely N-dealkylation sites (tertiary alicyclic amines) is 1. The number of piperidine rings is 1. The van der Waals surface area contributed by atoms with E-state index in [1.54, 1.807) is 0 Å². The first-order valence-corrected chi connectivity index (χ1v) is 6.46. The fraction of sp³-hybridized carbons (Fsp3) is 1.00. The molecule has 15 heavy (non-hydrogen) atoms. The van der Waals surface area contributed by atoms with E-state index in [-0.39, 0.29) is 0 Å². The molecule has 90 valence electrons. The normalized spacial score (nSPS) is 24.0. The lowest BCUT2D eigenvalue weighted by Gasteiger charge is -2.38. The van der Waals surface area contributed by atoms with Crippen LogP contribution in [0.1, 0.15) is 40.5 Å². The molecule has 0 amide bonds. The first-order chi connectivity index (χ1) is 7.03. The van der Waals surface area contributed by atoms with Crippen LogP contribution in [0.5, 0.6) is 0 Å². The van der Waals surface area contributed by atoms with Crippen molar-refractivity contribution in [3.8, 4) is 0 Å². The van der Waals surface area contributed by atoms with Gasteiger partial charge in [-0.25, -0.2) is 0 Å². The van der Waals surface area contributed by atoms with E-state index in [0.717, 1.165) is 19.0 Å². The average Bonchev–Trinajstić information content (AvgIpc) is 2.18. The van der Waals surface area contributed by atoms with Gasteiger partial charge in [0, 0.05) is 6.54 Å². The second kappa shape index (κ2) is 5.86. The maximum absolute atomic E-state index is 3.43. The molecule has 2 heteroatoms. The molecule has 0 radical (unpaired) electrons. The zero-order chi connectivity index (χ0) is 11.3. The van der Waals surface area contributed by atoms with Gasteiger partial charge in [-0.3, -0.25) is 0 Å². The van der Waals surface area contributed by atoms with Crippen molar-refractivity contribution >= 4 is 0 Å². The zero-order valence-electron chi connectivity index (χ0n) is 11.0. The molecule has 0 saturated carbocycles. The second-order valence-corrected chi connectivity index (χ2v) is 5.88. The Labute approximate surface area is 95.4 Å². The van der Waals surface area contributed by atoms with Gasteiger partial charge in [-0.1, -0.05) is 27.7 Å². The van der Waals surface area contributed by atoms with Crippen molar-refractivity contribution in [1.82, 2.24) is 10.2 Å². The Morgan fingerprint density at radius 2 is 1.87 bits per heavy atom. The lowest BCUT2D eigenvalue weighted by atomic mass is 9.82. The van der Waals surface area contributed by atoms with E-state index in [1.165, 1.54) is 32.5 Å². The minimum absolute atomic E-state index is 0.585. The topological polar surface area (TPSA) is 15.3 Å². The van der Waals surface area contributed by atoms with Crippen molar-refractivity contribution in [1.29, 1.82) is 0 Å². The molecule has 2 nitrogen and oxygen atoms in total. The summed E-state index contributed by atoms with van der Waals surface area (Å²) in [6, 6.07) is 0. The maximum Gasteiger partial charge on any atom is 0.00191 e. The summed E-state index contributed by atoms with van der Waals surface area (Å²) in [5.41, 5.74) is 0.585. The molecule has 0 aromatic carbocycles. The Balaban J connectivity index is 2.17. The summed E-state index contributed by atoms with van der Waals surface area (Å²) in [6.45, 7) is 15.4. The molecule has 0 aromatic rings. The number of nitrogens with one attached hydrogen (secondary N) is 1. The van der Waals surface area contributed by atoms with Crippen molar-refractivity contribution in [2.45, 2.75) is 40.5 Å². The molecular weight excluding hydrogens is 184 g/mol. The molecule has 1 N–H and O–H groups in total. The average molecular weight is 212 g/mol. The molecule has 1 heterocycles. The summed E-state index contributed by atoms with van der Waals surface area (Å²) in [5, 5.41) is 3.43. The fourth-order valence-electron chi connectivity index (χ4n) is 2.24. The molecule has 0 spiro atoms. The smallest absolute Gasteiger partial charge is 0.00191 e. The fourth-order valence-corrected chi connectivity index (χ4v) is 2.24. The Morgan fingerprint density at radius 3 is 2.40 bits per heavy atom. The second-order valence-electron chi connectivity index (χ2n) is 5.88. The van der Waals surface area contributed by atoms with Gasteiger partial charge in [-0.05, 0) is 50.4 Å². The minimum Gasteiger partial charge on any atom is -0.317 e. The minimum atomic E-state index is 0.585. The zero-order valence-corrected chi connectivity index (χ0v) is 11.0. The van der Waals surface area contributed by atoms with Crippen molar-refractivity contribution in [2.75, 3.05) is 32.7 Å². The monoisotopic (exact) mass is 212 g/mol. The van der Waals surface area contributed by atoms with Crippen molar-refractivity contribution in [2.24, 2.45) is 11.3 Å². The van der Waals surface area contributed by atoms with Gasteiger partial charge in [0.2, 0.25) is 0 Å². The van der Waals surface area contributed by atoms with E-state index in [2.05, 4.69) is 37.9 Å². The lowest BCUT2D eigenvalue weighted by molar-refractivity contribution is 0.119. The molecule has 1 aliphatic heterocycles. The van der Waals surface area contributed by atoms with Crippen LogP contribution in [0.2, 0.25) is 0 Å². The summed E-state index contributed by atoms with van der Waals surface area (Å²) in [5.74, 6) is 0.783. The molecule has 0 aromatic heterocycles. The summed E-state index contributed by atoms with van der Waals surface area (Å²) in [4.78, 5) is 2.63. The number of hydrogen-bond donors (Lipinski definition) is 1. The van der Waals surface area contributed by atoms with Gasteiger partial charge in [0.15, 0.2) is 0 Å². The first-order valence-electron chi connectivity index (χ1n) is 6.46. The maximum atomic E-state index is 3.43. The number of hydrogen-bond acceptors (Lipinski definition) is 2. The highest BCUT2D eigenvalue weighted by molar-refractivity contribution is 4.79. The van der Waals surface area contributed by atoms with Crippen LogP contribution < -0.4 is 5.32 Å². The summed E-state index contributed by atoms with van der Waals surface area (Å²) >= 11 is 0. The molecule has 1 fully saturated rings. The third kappa shape index (κ3) is 4.98. The van der Waals surface area contributed by atoms with Gasteiger partial charge in [0.1, 0.15) is 0 Å². The highest BCUT2D eigenvalue weighted by Crippen LogP contribution is 2.29. The number of nitrogens with zero attached hydrogens (tertiary/aromatic N) is 1. The van der Waals surface area contributed by atoms with Crippen LogP contribution in [-0.4, -0.2) is 37.6 Å². The van der Waals surface area contributed by atoms with Crippen molar-refractivity contribution in [3.05, 3.63) is 0 Å². The van der Waals surface area contributed by atoms with Crippen LogP contribution in [0.25, 0.3) is 0 Å². The molecule has 0 aliphatic carbocycles. The van der Waals surface area contributed by atoms with Gasteiger partial charge in [-0.15, -0.1) is 0 Å². The van der Waals surface area contributed by atoms with E-state index < -0.39 is 0 Å². The van der Waals surface area contributed by atoms with Gasteiger partial charge in [0.25, 0.3) is 0 Å². The molecular formula is C13H28N2. The SMILES string of the molecule is CCNCC(C)CN1CCC(C)(C)CC1. The summed E-state index contributed by atoms with van der Waals surface area (Å²) in [6.07, 6.45) is 2.72. The molecule has 1 rings (SSSR count). The molecule has 1 saturated heterocycles. The molecule has 0 bridgehead atoms. The summed E-state index contributed by atoms with van der Waals surface area (Å²) in [7, 11) is 0. The highest BCUT2D eigenvalue weighted by Gasteiger charge is 2.25. The predicted molar refractivity (Wildman–Crippen MR) is 67.2 cm³/mol. The Bertz CT molecular complexity index is 167. The van der Waals surface area contributed by atoms with Crippen LogP contribution in [0.3, 0.4) is 0 Å². The largest absolute Gasteiger partial charge is 0.317 e.